The van der Waals surface area contributed by atoms with Crippen LogP contribution in [0.4, 0.5) is 4.39 Å². The molecule has 2 fully saturated rings. The van der Waals surface area contributed by atoms with Gasteiger partial charge in [0.1, 0.15) is 5.82 Å². The summed E-state index contributed by atoms with van der Waals surface area (Å²) in [5, 5.41) is 3.06. The van der Waals surface area contributed by atoms with E-state index >= 15 is 0 Å². The Bertz CT molecular complexity index is 585. The molecule has 1 aromatic carbocycles. The molecule has 2 aliphatic carbocycles. The molecule has 0 saturated heterocycles. The zero-order valence-corrected chi connectivity index (χ0v) is 16.3. The molecule has 1 amide bonds. The van der Waals surface area contributed by atoms with Gasteiger partial charge < -0.3 is 16.0 Å². The summed E-state index contributed by atoms with van der Waals surface area (Å²) >= 11 is 0. The standard InChI is InChI=1S/C18H26FN3O.2ClH/c1-22(2)15(11-4-3-5-14(19)9-11)10-21-18(23)16-12-6-7-13(8-12)17(16)20;;/h3-5,9,12-13,15-17H,6-8,10,20H2,1-2H3,(H,21,23);2*1H. The molecule has 3 rings (SSSR count). The van der Waals surface area contributed by atoms with Crippen LogP contribution >= 0.6 is 24.8 Å². The average molecular weight is 392 g/mol. The molecule has 0 heterocycles. The van der Waals surface area contributed by atoms with E-state index in [1.54, 1.807) is 6.07 Å². The number of halogens is 3. The Kier molecular flexibility index (Phi) is 8.13. The molecular weight excluding hydrogens is 364 g/mol. The first kappa shape index (κ1) is 22.2. The number of carbonyl (C=O) groups is 1. The van der Waals surface area contributed by atoms with Crippen molar-refractivity contribution in [3.05, 3.63) is 35.6 Å². The zero-order valence-electron chi connectivity index (χ0n) is 14.7. The second kappa shape index (κ2) is 9.17. The van der Waals surface area contributed by atoms with Crippen molar-refractivity contribution in [3.8, 4) is 0 Å². The van der Waals surface area contributed by atoms with Crippen molar-refractivity contribution < 1.29 is 9.18 Å². The van der Waals surface area contributed by atoms with E-state index in [1.165, 1.54) is 18.6 Å². The van der Waals surface area contributed by atoms with Gasteiger partial charge in [-0.1, -0.05) is 12.1 Å². The number of fused-ring (bicyclic) bond motifs is 2. The van der Waals surface area contributed by atoms with Gasteiger partial charge in [-0.15, -0.1) is 24.8 Å². The highest BCUT2D eigenvalue weighted by Gasteiger charge is 2.49. The smallest absolute Gasteiger partial charge is 0.225 e. The van der Waals surface area contributed by atoms with Crippen molar-refractivity contribution >= 4 is 30.7 Å². The quantitative estimate of drug-likeness (QED) is 0.810. The Balaban J connectivity index is 0.00000156. The van der Waals surface area contributed by atoms with Crippen LogP contribution in [0.3, 0.4) is 0 Å². The number of likely N-dealkylation sites (N-methyl/N-ethyl adjacent to an activating group) is 1. The zero-order chi connectivity index (χ0) is 16.6. The molecule has 0 aromatic heterocycles. The van der Waals surface area contributed by atoms with Crippen molar-refractivity contribution in [2.24, 2.45) is 23.5 Å². The average Bonchev–Trinajstić information content (AvgIpc) is 3.08. The van der Waals surface area contributed by atoms with E-state index in [4.69, 9.17) is 5.73 Å². The lowest BCUT2D eigenvalue weighted by Gasteiger charge is -2.29. The van der Waals surface area contributed by atoms with Gasteiger partial charge in [-0.25, -0.2) is 4.39 Å². The van der Waals surface area contributed by atoms with Gasteiger partial charge in [0.25, 0.3) is 0 Å². The van der Waals surface area contributed by atoms with Crippen molar-refractivity contribution in [1.82, 2.24) is 10.2 Å². The summed E-state index contributed by atoms with van der Waals surface area (Å²) in [6.07, 6.45) is 3.39. The Morgan fingerprint density at radius 3 is 2.56 bits per heavy atom. The number of nitrogens with one attached hydrogen (secondary N) is 1. The summed E-state index contributed by atoms with van der Waals surface area (Å²) in [7, 11) is 3.87. The summed E-state index contributed by atoms with van der Waals surface area (Å²) in [5.41, 5.74) is 7.11. The second-order valence-electron chi connectivity index (χ2n) is 7.22. The van der Waals surface area contributed by atoms with Crippen LogP contribution in [0.5, 0.6) is 0 Å². The molecule has 0 spiro atoms. The third-order valence-corrected chi connectivity index (χ3v) is 5.61. The largest absolute Gasteiger partial charge is 0.354 e. The fraction of sp³-hybridized carbons (Fsp3) is 0.611. The summed E-state index contributed by atoms with van der Waals surface area (Å²) in [4.78, 5) is 14.6. The first-order valence-electron chi connectivity index (χ1n) is 8.42. The topological polar surface area (TPSA) is 58.4 Å². The molecule has 5 unspecified atom stereocenters. The Morgan fingerprint density at radius 1 is 1.32 bits per heavy atom. The van der Waals surface area contributed by atoms with Gasteiger partial charge >= 0.3 is 0 Å². The molecule has 7 heteroatoms. The lowest BCUT2D eigenvalue weighted by molar-refractivity contribution is -0.127. The highest BCUT2D eigenvalue weighted by atomic mass is 35.5. The maximum atomic E-state index is 13.5. The minimum atomic E-state index is -0.254. The van der Waals surface area contributed by atoms with Crippen LogP contribution in [-0.2, 0) is 4.79 Å². The highest BCUT2D eigenvalue weighted by molar-refractivity contribution is 5.85. The van der Waals surface area contributed by atoms with E-state index in [0.29, 0.717) is 18.4 Å². The van der Waals surface area contributed by atoms with Crippen molar-refractivity contribution in [2.45, 2.75) is 31.3 Å². The predicted octanol–water partition coefficient (Wildman–Crippen LogP) is 2.76. The van der Waals surface area contributed by atoms with Crippen LogP contribution in [-0.4, -0.2) is 37.5 Å². The molecule has 0 aliphatic heterocycles. The third kappa shape index (κ3) is 4.64. The van der Waals surface area contributed by atoms with E-state index in [2.05, 4.69) is 5.32 Å². The molecular formula is C18H28Cl2FN3O. The number of hydrogen-bond donors (Lipinski definition) is 2. The van der Waals surface area contributed by atoms with Gasteiger partial charge in [0, 0.05) is 12.6 Å². The maximum Gasteiger partial charge on any atom is 0.225 e. The minimum absolute atomic E-state index is 0. The fourth-order valence-electron chi connectivity index (χ4n) is 4.35. The van der Waals surface area contributed by atoms with Crippen molar-refractivity contribution in [1.29, 1.82) is 0 Å². The number of hydrogen-bond acceptors (Lipinski definition) is 3. The summed E-state index contributed by atoms with van der Waals surface area (Å²) in [5.74, 6) is 0.721. The van der Waals surface area contributed by atoms with Gasteiger partial charge in [-0.05, 0) is 62.9 Å². The van der Waals surface area contributed by atoms with Crippen molar-refractivity contribution in [3.63, 3.8) is 0 Å². The molecule has 5 atom stereocenters. The van der Waals surface area contributed by atoms with Gasteiger partial charge in [-0.3, -0.25) is 4.79 Å². The number of rotatable bonds is 5. The van der Waals surface area contributed by atoms with Gasteiger partial charge in [0.15, 0.2) is 0 Å². The first-order valence-corrected chi connectivity index (χ1v) is 8.42. The Labute approximate surface area is 161 Å². The lowest BCUT2D eigenvalue weighted by atomic mass is 9.84. The molecule has 25 heavy (non-hydrogen) atoms. The molecule has 2 saturated carbocycles. The van der Waals surface area contributed by atoms with Crippen LogP contribution < -0.4 is 11.1 Å². The van der Waals surface area contributed by atoms with Crippen molar-refractivity contribution in [2.75, 3.05) is 20.6 Å². The lowest BCUT2D eigenvalue weighted by Crippen LogP contribution is -2.46. The molecule has 3 N–H and O–H groups in total. The monoisotopic (exact) mass is 391 g/mol. The number of amides is 1. The molecule has 0 radical (unpaired) electrons. The minimum Gasteiger partial charge on any atom is -0.354 e. The predicted molar refractivity (Wildman–Crippen MR) is 103 cm³/mol. The third-order valence-electron chi connectivity index (χ3n) is 5.61. The second-order valence-corrected chi connectivity index (χ2v) is 7.22. The van der Waals surface area contributed by atoms with Crippen LogP contribution in [0.1, 0.15) is 30.9 Å². The number of nitrogens with zero attached hydrogens (tertiary/aromatic N) is 1. The maximum absolute atomic E-state index is 13.5. The van der Waals surface area contributed by atoms with Crippen LogP contribution in [0.15, 0.2) is 24.3 Å². The Morgan fingerprint density at radius 2 is 2.00 bits per heavy atom. The molecule has 4 nitrogen and oxygen atoms in total. The van der Waals surface area contributed by atoms with Crippen LogP contribution in [0.25, 0.3) is 0 Å². The van der Waals surface area contributed by atoms with E-state index in [1.807, 2.05) is 25.1 Å². The summed E-state index contributed by atoms with van der Waals surface area (Å²) < 4.78 is 13.5. The normalized spacial score (nSPS) is 28.2. The Hall–Kier alpha value is -0.880. The molecule has 2 aliphatic rings. The first-order chi connectivity index (χ1) is 11.0. The van der Waals surface area contributed by atoms with Gasteiger partial charge in [0.05, 0.1) is 12.0 Å². The van der Waals surface area contributed by atoms with E-state index < -0.39 is 0 Å². The highest BCUT2D eigenvalue weighted by Crippen LogP contribution is 2.47. The van der Waals surface area contributed by atoms with E-state index in [9.17, 15) is 9.18 Å². The number of carbonyl (C=O) groups excluding carboxylic acids is 1. The molecule has 2 bridgehead atoms. The molecule has 142 valence electrons. The SMILES string of the molecule is CN(C)C(CNC(=O)C1C2CCC(C2)C1N)c1cccc(F)c1.Cl.Cl. The van der Waals surface area contributed by atoms with Gasteiger partial charge in [0.2, 0.25) is 5.91 Å². The van der Waals surface area contributed by atoms with E-state index in [0.717, 1.165) is 18.4 Å². The van der Waals surface area contributed by atoms with Crippen LogP contribution in [0, 0.1) is 23.6 Å². The number of nitrogens with two attached hydrogens (primary N) is 1. The summed E-state index contributed by atoms with van der Waals surface area (Å²) in [6, 6.07) is 6.51. The number of benzene rings is 1. The van der Waals surface area contributed by atoms with E-state index in [-0.39, 0.29) is 54.5 Å². The molecule has 1 aromatic rings. The summed E-state index contributed by atoms with van der Waals surface area (Å²) in [6.45, 7) is 0.468. The van der Waals surface area contributed by atoms with Crippen LogP contribution in [0.2, 0.25) is 0 Å². The fourth-order valence-corrected chi connectivity index (χ4v) is 4.35. The van der Waals surface area contributed by atoms with Gasteiger partial charge in [-0.2, -0.15) is 0 Å².